The minimum absolute atomic E-state index is 0.0331. The van der Waals surface area contributed by atoms with E-state index in [-0.39, 0.29) is 16.1 Å². The lowest BCUT2D eigenvalue weighted by molar-refractivity contribution is 0.367. The molecule has 208 valence electrons. The van der Waals surface area contributed by atoms with Crippen LogP contribution < -0.4 is 13.6 Å². The molecule has 0 spiro atoms. The molecule has 0 saturated heterocycles. The van der Waals surface area contributed by atoms with Crippen LogP contribution >= 0.6 is 11.3 Å². The summed E-state index contributed by atoms with van der Waals surface area (Å²) in [5, 5.41) is 1.99. The van der Waals surface area contributed by atoms with Crippen LogP contribution in [0.3, 0.4) is 0 Å². The highest BCUT2D eigenvalue weighted by atomic mass is 32.2. The number of rotatable bonds is 8. The van der Waals surface area contributed by atoms with E-state index in [1.807, 2.05) is 0 Å². The zero-order valence-electron chi connectivity index (χ0n) is 24.4. The Morgan fingerprint density at radius 1 is 0.865 bits per heavy atom. The van der Waals surface area contributed by atoms with Crippen molar-refractivity contribution in [2.75, 3.05) is 0 Å². The molecule has 5 nitrogen and oxygen atoms in total. The van der Waals surface area contributed by atoms with Gasteiger partial charge >= 0.3 is 0 Å². The minimum Gasteiger partial charge on any atom is -0.543 e. The normalized spacial score (nSPS) is 20.1. The van der Waals surface area contributed by atoms with E-state index in [1.54, 1.807) is 17.5 Å². The molecule has 0 atom stereocenters. The molecule has 9 heteroatoms. The van der Waals surface area contributed by atoms with Crippen molar-refractivity contribution in [1.29, 1.82) is 0 Å². The van der Waals surface area contributed by atoms with E-state index in [0.29, 0.717) is 10.1 Å². The van der Waals surface area contributed by atoms with Crippen molar-refractivity contribution in [2.45, 2.75) is 120 Å². The van der Waals surface area contributed by atoms with Crippen molar-refractivity contribution in [3.8, 4) is 11.5 Å². The number of thiophene rings is 1. The number of hydrogen-bond acceptors (Lipinski definition) is 5. The third kappa shape index (κ3) is 7.29. The average molecular weight is 582 g/mol. The van der Waals surface area contributed by atoms with Crippen molar-refractivity contribution in [3.63, 3.8) is 0 Å². The summed E-state index contributed by atoms with van der Waals surface area (Å²) in [7, 11) is -7.50. The third-order valence-electron chi connectivity index (χ3n) is 8.58. The molecule has 1 N–H and O–H groups in total. The van der Waals surface area contributed by atoms with Crippen LogP contribution in [0, 0.1) is 0 Å². The van der Waals surface area contributed by atoms with Gasteiger partial charge in [0.15, 0.2) is 0 Å². The number of sulfonamides is 1. The Kier molecular flexibility index (Phi) is 8.87. The number of nitrogens with one attached hydrogen (secondary N) is 1. The monoisotopic (exact) mass is 581 g/mol. The Morgan fingerprint density at radius 2 is 1.43 bits per heavy atom. The van der Waals surface area contributed by atoms with Gasteiger partial charge in [-0.2, -0.15) is 0 Å². The molecule has 0 unspecified atom stereocenters. The zero-order valence-corrected chi connectivity index (χ0v) is 28.0. The first-order chi connectivity index (χ1) is 16.8. The molecule has 0 aliphatic heterocycles. The van der Waals surface area contributed by atoms with E-state index in [2.05, 4.69) is 90.7 Å². The molecular formula is C28H47NO4S2Si2. The fraction of sp³-hybridized carbons (Fsp3) is 0.643. The zero-order chi connectivity index (χ0) is 27.9. The molecule has 0 amide bonds. The fourth-order valence-electron chi connectivity index (χ4n) is 4.10. The SMILES string of the molecule is CC(C)(C)[Si](C)(C)Oc1ccc([C@H]2CC[C@@H](NS(=O)(=O)c3cccs3)CC2)c(O[Si](C)(C)C(C)(C)C)c1. The summed E-state index contributed by atoms with van der Waals surface area (Å²) in [5.41, 5.74) is 1.23. The summed E-state index contributed by atoms with van der Waals surface area (Å²) in [6.45, 7) is 22.7. The van der Waals surface area contributed by atoms with Crippen LogP contribution in [0.15, 0.2) is 39.9 Å². The van der Waals surface area contributed by atoms with Gasteiger partial charge in [0.2, 0.25) is 26.7 Å². The predicted molar refractivity (Wildman–Crippen MR) is 162 cm³/mol. The van der Waals surface area contributed by atoms with E-state index >= 15 is 0 Å². The Balaban J connectivity index is 1.83. The van der Waals surface area contributed by atoms with Gasteiger partial charge in [-0.3, -0.25) is 0 Å². The molecular weight excluding hydrogens is 535 g/mol. The van der Waals surface area contributed by atoms with Crippen LogP contribution in [0.1, 0.15) is 78.7 Å². The van der Waals surface area contributed by atoms with Crippen LogP contribution in [0.5, 0.6) is 11.5 Å². The lowest BCUT2D eigenvalue weighted by atomic mass is 9.81. The van der Waals surface area contributed by atoms with E-state index in [0.717, 1.165) is 37.2 Å². The predicted octanol–water partition coefficient (Wildman–Crippen LogP) is 8.52. The maximum absolute atomic E-state index is 12.7. The van der Waals surface area contributed by atoms with E-state index in [4.69, 9.17) is 8.85 Å². The molecule has 0 bridgehead atoms. The first-order valence-electron chi connectivity index (χ1n) is 13.4. The van der Waals surface area contributed by atoms with Crippen LogP contribution in [-0.2, 0) is 10.0 Å². The summed E-state index contributed by atoms with van der Waals surface area (Å²) in [5.74, 6) is 2.18. The Bertz CT molecular complexity index is 1160. The van der Waals surface area contributed by atoms with Crippen LogP contribution in [-0.4, -0.2) is 31.1 Å². The molecule has 1 aromatic carbocycles. The van der Waals surface area contributed by atoms with Crippen LogP contribution in [0.25, 0.3) is 0 Å². The first kappa shape index (κ1) is 30.4. The van der Waals surface area contributed by atoms with Crippen molar-refractivity contribution in [1.82, 2.24) is 4.72 Å². The summed E-state index contributed by atoms with van der Waals surface area (Å²) < 4.78 is 42.3. The highest BCUT2D eigenvalue weighted by Crippen LogP contribution is 2.45. The van der Waals surface area contributed by atoms with Crippen molar-refractivity contribution in [2.24, 2.45) is 0 Å². The largest absolute Gasteiger partial charge is 0.543 e. The van der Waals surface area contributed by atoms with E-state index in [9.17, 15) is 8.42 Å². The van der Waals surface area contributed by atoms with Gasteiger partial charge in [0.05, 0.1) is 0 Å². The van der Waals surface area contributed by atoms with Crippen molar-refractivity contribution < 1.29 is 17.3 Å². The Labute approximate surface area is 231 Å². The molecule has 1 heterocycles. The van der Waals surface area contributed by atoms with E-state index < -0.39 is 26.7 Å². The van der Waals surface area contributed by atoms with Gasteiger partial charge < -0.3 is 8.85 Å². The van der Waals surface area contributed by atoms with Gasteiger partial charge in [-0.25, -0.2) is 13.1 Å². The second-order valence-electron chi connectivity index (χ2n) is 13.5. The fourth-order valence-corrected chi connectivity index (χ4v) is 8.47. The second kappa shape index (κ2) is 10.8. The standard InChI is InChI=1S/C28H47NO4S2Si2/c1-27(2,3)36(7,8)32-23-17-18-24(25(20-23)33-37(9,10)28(4,5)6)21-13-15-22(16-14-21)29-35(30,31)26-12-11-19-34-26/h11-12,17-22,29H,13-16H2,1-10H3/t21-,22+. The smallest absolute Gasteiger partial charge is 0.250 e. The molecule has 1 aliphatic rings. The lowest BCUT2D eigenvalue weighted by Crippen LogP contribution is -2.44. The van der Waals surface area contributed by atoms with Gasteiger partial charge in [0, 0.05) is 12.1 Å². The van der Waals surface area contributed by atoms with Crippen molar-refractivity contribution >= 4 is 38.0 Å². The molecule has 3 rings (SSSR count). The molecule has 0 radical (unpaired) electrons. The summed E-state index contributed by atoms with van der Waals surface area (Å²) in [6, 6.07) is 9.84. The van der Waals surface area contributed by atoms with Gasteiger partial charge in [0.1, 0.15) is 15.7 Å². The van der Waals surface area contributed by atoms with E-state index in [1.165, 1.54) is 16.9 Å². The molecule has 1 aliphatic carbocycles. The molecule has 1 saturated carbocycles. The van der Waals surface area contributed by atoms with Gasteiger partial charge in [-0.15, -0.1) is 11.3 Å². The van der Waals surface area contributed by atoms with Gasteiger partial charge in [-0.1, -0.05) is 53.7 Å². The highest BCUT2D eigenvalue weighted by Gasteiger charge is 2.41. The first-order valence-corrected chi connectivity index (χ1v) is 21.6. The summed E-state index contributed by atoms with van der Waals surface area (Å²) in [6.07, 6.45) is 3.48. The molecule has 37 heavy (non-hydrogen) atoms. The van der Waals surface area contributed by atoms with Crippen LogP contribution in [0.2, 0.25) is 36.3 Å². The summed E-state index contributed by atoms with van der Waals surface area (Å²) >= 11 is 1.26. The quantitative estimate of drug-likeness (QED) is 0.317. The number of benzene rings is 1. The topological polar surface area (TPSA) is 64.6 Å². The lowest BCUT2D eigenvalue weighted by Gasteiger charge is -2.39. The molecule has 2 aromatic rings. The minimum atomic E-state index is -3.45. The van der Waals surface area contributed by atoms with Gasteiger partial charge in [0.25, 0.3) is 0 Å². The summed E-state index contributed by atoms with van der Waals surface area (Å²) in [4.78, 5) is 0. The second-order valence-corrected chi connectivity index (χ2v) is 25.9. The Hall–Kier alpha value is -1.14. The van der Waals surface area contributed by atoms with Crippen molar-refractivity contribution in [3.05, 3.63) is 41.3 Å². The average Bonchev–Trinajstić information content (AvgIpc) is 3.28. The third-order valence-corrected chi connectivity index (χ3v) is 20.2. The van der Waals surface area contributed by atoms with Crippen LogP contribution in [0.4, 0.5) is 0 Å². The maximum atomic E-state index is 12.7. The Morgan fingerprint density at radius 3 is 1.95 bits per heavy atom. The number of hydrogen-bond donors (Lipinski definition) is 1. The molecule has 1 fully saturated rings. The highest BCUT2D eigenvalue weighted by molar-refractivity contribution is 7.91. The van der Waals surface area contributed by atoms with Gasteiger partial charge in [-0.05, 0) is 90.9 Å². The maximum Gasteiger partial charge on any atom is 0.250 e. The molecule has 1 aromatic heterocycles.